The third-order valence-electron chi connectivity index (χ3n) is 3.85. The highest BCUT2D eigenvalue weighted by Crippen LogP contribution is 2.21. The fourth-order valence-electron chi connectivity index (χ4n) is 2.54. The molecule has 0 bridgehead atoms. The van der Waals surface area contributed by atoms with Gasteiger partial charge in [0.05, 0.1) is 25.0 Å². The molecule has 0 saturated heterocycles. The Hall–Kier alpha value is -1.85. The normalized spacial score (nSPS) is 10.8. The van der Waals surface area contributed by atoms with E-state index in [1.165, 1.54) is 7.11 Å². The Bertz CT molecular complexity index is 680. The van der Waals surface area contributed by atoms with Gasteiger partial charge >= 0.3 is 5.97 Å². The van der Waals surface area contributed by atoms with E-state index in [4.69, 9.17) is 21.1 Å². The molecule has 0 amide bonds. The lowest BCUT2D eigenvalue weighted by Crippen LogP contribution is -2.10. The number of esters is 1. The summed E-state index contributed by atoms with van der Waals surface area (Å²) in [7, 11) is 3.02. The number of carbonyl (C=O) groups excluding carboxylic acids is 1. The lowest BCUT2D eigenvalue weighted by molar-refractivity contribution is 0.0600. The number of hydrogen-bond acceptors (Lipinski definition) is 4. The van der Waals surface area contributed by atoms with E-state index in [-0.39, 0.29) is 5.97 Å². The van der Waals surface area contributed by atoms with Crippen LogP contribution in [0.2, 0.25) is 5.15 Å². The molecule has 0 saturated carbocycles. The number of carbonyl (C=O) groups is 1. The number of hydrogen-bond donors (Lipinski definition) is 0. The lowest BCUT2D eigenvalue weighted by atomic mass is 10.1. The topological polar surface area (TPSA) is 53.4 Å². The Kier molecular flexibility index (Phi) is 6.82. The number of ether oxygens (including phenoxy) is 2. The minimum absolute atomic E-state index is 0.337. The molecule has 0 radical (unpaired) electrons. The van der Waals surface area contributed by atoms with Crippen molar-refractivity contribution in [2.24, 2.45) is 0 Å². The number of rotatable bonds is 8. The van der Waals surface area contributed by atoms with Gasteiger partial charge in [-0.1, -0.05) is 37.1 Å². The molecule has 1 aromatic carbocycles. The van der Waals surface area contributed by atoms with Gasteiger partial charge in [-0.15, -0.1) is 0 Å². The Morgan fingerprint density at radius 2 is 1.96 bits per heavy atom. The predicted octanol–water partition coefficient (Wildman–Crippen LogP) is 3.86. The van der Waals surface area contributed by atoms with Gasteiger partial charge in [-0.2, -0.15) is 0 Å². The van der Waals surface area contributed by atoms with Gasteiger partial charge in [-0.3, -0.25) is 0 Å². The SMILES string of the molecule is CCCCc1nc(Cl)c(COC)n1Cc1ccc(C(=O)OC)cc1. The minimum Gasteiger partial charge on any atom is -0.465 e. The summed E-state index contributed by atoms with van der Waals surface area (Å²) in [6.45, 7) is 3.20. The monoisotopic (exact) mass is 350 g/mol. The van der Waals surface area contributed by atoms with Crippen LogP contribution in [0.25, 0.3) is 0 Å². The van der Waals surface area contributed by atoms with Crippen molar-refractivity contribution in [2.45, 2.75) is 39.3 Å². The predicted molar refractivity (Wildman–Crippen MR) is 93.4 cm³/mol. The highest BCUT2D eigenvalue weighted by molar-refractivity contribution is 6.30. The van der Waals surface area contributed by atoms with Crippen LogP contribution in [0.5, 0.6) is 0 Å². The molecule has 0 aliphatic carbocycles. The highest BCUT2D eigenvalue weighted by Gasteiger charge is 2.16. The largest absolute Gasteiger partial charge is 0.465 e. The number of aryl methyl sites for hydroxylation is 1. The second-order valence-electron chi connectivity index (χ2n) is 5.58. The van der Waals surface area contributed by atoms with E-state index in [9.17, 15) is 4.79 Å². The van der Waals surface area contributed by atoms with Crippen molar-refractivity contribution in [1.29, 1.82) is 0 Å². The molecule has 0 unspecified atom stereocenters. The fraction of sp³-hybridized carbons (Fsp3) is 0.444. The number of methoxy groups -OCH3 is 2. The van der Waals surface area contributed by atoms with Crippen molar-refractivity contribution >= 4 is 17.6 Å². The van der Waals surface area contributed by atoms with E-state index in [1.807, 2.05) is 12.1 Å². The third-order valence-corrected chi connectivity index (χ3v) is 4.16. The molecule has 130 valence electrons. The Labute approximate surface area is 147 Å². The molecule has 1 aromatic heterocycles. The fourth-order valence-corrected chi connectivity index (χ4v) is 2.79. The van der Waals surface area contributed by atoms with Crippen LogP contribution in [0.3, 0.4) is 0 Å². The van der Waals surface area contributed by atoms with Gasteiger partial charge in [-0.25, -0.2) is 9.78 Å². The molecule has 1 heterocycles. The summed E-state index contributed by atoms with van der Waals surface area (Å²) < 4.78 is 12.1. The molecule has 24 heavy (non-hydrogen) atoms. The van der Waals surface area contributed by atoms with Crippen LogP contribution in [-0.4, -0.2) is 29.7 Å². The zero-order valence-electron chi connectivity index (χ0n) is 14.3. The van der Waals surface area contributed by atoms with Crippen LogP contribution in [0.4, 0.5) is 0 Å². The first-order valence-electron chi connectivity index (χ1n) is 8.00. The van der Waals surface area contributed by atoms with Gasteiger partial charge in [0.25, 0.3) is 0 Å². The van der Waals surface area contributed by atoms with Crippen molar-refractivity contribution in [3.8, 4) is 0 Å². The van der Waals surface area contributed by atoms with E-state index in [1.54, 1.807) is 19.2 Å². The van der Waals surface area contributed by atoms with Crippen molar-refractivity contribution < 1.29 is 14.3 Å². The quantitative estimate of drug-likeness (QED) is 0.678. The second-order valence-corrected chi connectivity index (χ2v) is 5.93. The molecule has 0 aliphatic heterocycles. The molecule has 0 N–H and O–H groups in total. The summed E-state index contributed by atoms with van der Waals surface area (Å²) in [6, 6.07) is 7.36. The maximum Gasteiger partial charge on any atom is 0.337 e. The van der Waals surface area contributed by atoms with Gasteiger partial charge in [-0.05, 0) is 24.1 Å². The first-order valence-corrected chi connectivity index (χ1v) is 8.38. The summed E-state index contributed by atoms with van der Waals surface area (Å²) in [6.07, 6.45) is 3.03. The molecule has 5 nitrogen and oxygen atoms in total. The number of aromatic nitrogens is 2. The third kappa shape index (κ3) is 4.36. The molecular formula is C18H23ClN2O3. The van der Waals surface area contributed by atoms with Crippen LogP contribution in [-0.2, 0) is 29.0 Å². The van der Waals surface area contributed by atoms with Crippen LogP contribution in [0, 0.1) is 0 Å². The number of nitrogens with zero attached hydrogens (tertiary/aromatic N) is 2. The standard InChI is InChI=1S/C18H23ClN2O3/c1-4-5-6-16-20-17(19)15(12-23-2)21(16)11-13-7-9-14(10-8-13)18(22)24-3/h7-10H,4-6,11-12H2,1-3H3. The summed E-state index contributed by atoms with van der Waals surface area (Å²) in [5, 5.41) is 0.495. The summed E-state index contributed by atoms with van der Waals surface area (Å²) in [5.74, 6) is 0.627. The van der Waals surface area contributed by atoms with Crippen LogP contribution >= 0.6 is 11.6 Å². The van der Waals surface area contributed by atoms with Gasteiger partial charge in [0.2, 0.25) is 0 Å². The maximum absolute atomic E-state index is 11.5. The van der Waals surface area contributed by atoms with E-state index < -0.39 is 0 Å². The van der Waals surface area contributed by atoms with E-state index >= 15 is 0 Å². The van der Waals surface area contributed by atoms with Crippen LogP contribution in [0.1, 0.15) is 47.2 Å². The van der Waals surface area contributed by atoms with Crippen molar-refractivity contribution in [1.82, 2.24) is 9.55 Å². The summed E-state index contributed by atoms with van der Waals surface area (Å²) in [5.41, 5.74) is 2.47. The number of unbranched alkanes of at least 4 members (excludes halogenated alkanes) is 1. The van der Waals surface area contributed by atoms with E-state index in [0.717, 1.165) is 36.3 Å². The van der Waals surface area contributed by atoms with Gasteiger partial charge in [0.1, 0.15) is 5.82 Å². The highest BCUT2D eigenvalue weighted by atomic mass is 35.5. The molecule has 0 fully saturated rings. The summed E-state index contributed by atoms with van der Waals surface area (Å²) in [4.78, 5) is 16.0. The average molecular weight is 351 g/mol. The Balaban J connectivity index is 2.27. The van der Waals surface area contributed by atoms with E-state index in [0.29, 0.717) is 23.9 Å². The van der Waals surface area contributed by atoms with Gasteiger partial charge < -0.3 is 14.0 Å². The smallest absolute Gasteiger partial charge is 0.337 e. The first-order chi connectivity index (χ1) is 11.6. The molecule has 0 aliphatic rings. The zero-order valence-corrected chi connectivity index (χ0v) is 15.1. The minimum atomic E-state index is -0.337. The van der Waals surface area contributed by atoms with E-state index in [2.05, 4.69) is 16.5 Å². The number of imidazole rings is 1. The van der Waals surface area contributed by atoms with Crippen LogP contribution < -0.4 is 0 Å². The zero-order chi connectivity index (χ0) is 17.5. The Morgan fingerprint density at radius 3 is 2.54 bits per heavy atom. The molecule has 6 heteroatoms. The second kappa shape index (κ2) is 8.85. The van der Waals surface area contributed by atoms with Crippen molar-refractivity contribution in [3.63, 3.8) is 0 Å². The van der Waals surface area contributed by atoms with Gasteiger partial charge in [0.15, 0.2) is 5.15 Å². The maximum atomic E-state index is 11.5. The number of halogens is 1. The molecule has 0 spiro atoms. The molecule has 2 rings (SSSR count). The molecule has 2 aromatic rings. The molecule has 0 atom stereocenters. The number of benzene rings is 1. The first kappa shape index (κ1) is 18.5. The summed E-state index contributed by atoms with van der Waals surface area (Å²) >= 11 is 6.29. The van der Waals surface area contributed by atoms with Crippen molar-refractivity contribution in [3.05, 3.63) is 52.1 Å². The average Bonchev–Trinajstić information content (AvgIpc) is 2.89. The molecular weight excluding hydrogens is 328 g/mol. The van der Waals surface area contributed by atoms with Crippen molar-refractivity contribution in [2.75, 3.05) is 14.2 Å². The lowest BCUT2D eigenvalue weighted by Gasteiger charge is -2.12. The van der Waals surface area contributed by atoms with Crippen LogP contribution in [0.15, 0.2) is 24.3 Å². The van der Waals surface area contributed by atoms with Gasteiger partial charge in [0, 0.05) is 20.1 Å². The Morgan fingerprint density at radius 1 is 1.25 bits per heavy atom.